The minimum Gasteiger partial charge on any atom is -0.449 e. The molecule has 1 aromatic heterocycles. The lowest BCUT2D eigenvalue weighted by atomic mass is 9.95. The zero-order valence-corrected chi connectivity index (χ0v) is 20.2. The van der Waals surface area contributed by atoms with Crippen molar-refractivity contribution in [2.75, 3.05) is 11.9 Å². The summed E-state index contributed by atoms with van der Waals surface area (Å²) in [4.78, 5) is 33.2. The third kappa shape index (κ3) is 4.98. The van der Waals surface area contributed by atoms with Crippen molar-refractivity contribution < 1.29 is 14.3 Å². The SMILES string of the molecule is CC(OC(=O)c1c2c(nc3ccccc13)CCN(C(C)C)C2)C(=O)Nc1ccc(Cl)cc1Cl. The number of hydrogen-bond acceptors (Lipinski definition) is 5. The summed E-state index contributed by atoms with van der Waals surface area (Å²) < 4.78 is 5.64. The van der Waals surface area contributed by atoms with Gasteiger partial charge >= 0.3 is 5.97 Å². The van der Waals surface area contributed by atoms with Crippen molar-refractivity contribution in [1.82, 2.24) is 9.88 Å². The van der Waals surface area contributed by atoms with Gasteiger partial charge in [0.15, 0.2) is 6.10 Å². The third-order valence-corrected chi connectivity index (χ3v) is 6.40. The van der Waals surface area contributed by atoms with E-state index in [-0.39, 0.29) is 0 Å². The number of fused-ring (bicyclic) bond motifs is 2. The molecule has 1 N–H and O–H groups in total. The van der Waals surface area contributed by atoms with E-state index in [0.717, 1.165) is 35.1 Å². The van der Waals surface area contributed by atoms with Gasteiger partial charge in [0.1, 0.15) is 0 Å². The number of carbonyl (C=O) groups excluding carboxylic acids is 2. The average molecular weight is 486 g/mol. The number of ether oxygens (including phenoxy) is 1. The number of pyridine rings is 1. The highest BCUT2D eigenvalue weighted by molar-refractivity contribution is 6.36. The number of amides is 1. The first-order valence-electron chi connectivity index (χ1n) is 10.9. The van der Waals surface area contributed by atoms with E-state index < -0.39 is 18.0 Å². The van der Waals surface area contributed by atoms with Crippen LogP contribution in [-0.4, -0.2) is 40.5 Å². The molecule has 0 fully saturated rings. The van der Waals surface area contributed by atoms with Crippen LogP contribution in [0.1, 0.15) is 42.4 Å². The number of anilines is 1. The number of benzene rings is 2. The summed E-state index contributed by atoms with van der Waals surface area (Å²) in [6, 6.07) is 12.6. The van der Waals surface area contributed by atoms with Crippen LogP contribution in [-0.2, 0) is 22.5 Å². The Morgan fingerprint density at radius 1 is 1.12 bits per heavy atom. The molecule has 1 amide bonds. The van der Waals surface area contributed by atoms with E-state index in [0.29, 0.717) is 33.9 Å². The standard InChI is InChI=1S/C25H25Cl2N3O3/c1-14(2)30-11-10-21-18(13-30)23(17-6-4-5-7-20(17)28-21)25(32)33-15(3)24(31)29-22-9-8-16(26)12-19(22)27/h4-9,12,14-15H,10-11,13H2,1-3H3,(H,29,31). The molecule has 8 heteroatoms. The van der Waals surface area contributed by atoms with Gasteiger partial charge < -0.3 is 10.1 Å². The molecule has 2 heterocycles. The summed E-state index contributed by atoms with van der Waals surface area (Å²) in [7, 11) is 0. The van der Waals surface area contributed by atoms with Crippen LogP contribution in [0.5, 0.6) is 0 Å². The summed E-state index contributed by atoms with van der Waals surface area (Å²) in [5, 5.41) is 4.17. The molecule has 0 aliphatic carbocycles. The molecule has 4 rings (SSSR count). The van der Waals surface area contributed by atoms with Crippen molar-refractivity contribution in [3.63, 3.8) is 0 Å². The molecule has 0 bridgehead atoms. The summed E-state index contributed by atoms with van der Waals surface area (Å²) in [6.45, 7) is 7.28. The Labute approximate surface area is 202 Å². The Hall–Kier alpha value is -2.67. The maximum Gasteiger partial charge on any atom is 0.339 e. The van der Waals surface area contributed by atoms with Crippen molar-refractivity contribution in [2.45, 2.75) is 45.9 Å². The van der Waals surface area contributed by atoms with Crippen molar-refractivity contribution in [3.8, 4) is 0 Å². The van der Waals surface area contributed by atoms with Crippen LogP contribution in [0.3, 0.4) is 0 Å². The number of esters is 1. The molecule has 1 unspecified atom stereocenters. The topological polar surface area (TPSA) is 71.5 Å². The first-order valence-corrected chi connectivity index (χ1v) is 11.6. The number of rotatable bonds is 5. The van der Waals surface area contributed by atoms with Crippen molar-refractivity contribution in [1.29, 1.82) is 0 Å². The lowest BCUT2D eigenvalue weighted by Gasteiger charge is -2.32. The van der Waals surface area contributed by atoms with E-state index in [2.05, 4.69) is 24.1 Å². The highest BCUT2D eigenvalue weighted by atomic mass is 35.5. The van der Waals surface area contributed by atoms with Crippen LogP contribution < -0.4 is 5.32 Å². The van der Waals surface area contributed by atoms with Crippen LogP contribution in [0.2, 0.25) is 10.0 Å². The Bertz CT molecular complexity index is 1230. The van der Waals surface area contributed by atoms with E-state index >= 15 is 0 Å². The fourth-order valence-corrected chi connectivity index (χ4v) is 4.44. The summed E-state index contributed by atoms with van der Waals surface area (Å²) in [5.74, 6) is -1.02. The summed E-state index contributed by atoms with van der Waals surface area (Å²) >= 11 is 12.1. The number of nitrogens with zero attached hydrogens (tertiary/aromatic N) is 2. The first kappa shape index (κ1) is 23.5. The van der Waals surface area contributed by atoms with Crippen LogP contribution in [0.4, 0.5) is 5.69 Å². The zero-order valence-electron chi connectivity index (χ0n) is 18.7. The van der Waals surface area contributed by atoms with Crippen molar-refractivity contribution in [2.24, 2.45) is 0 Å². The normalized spacial score (nSPS) is 14.7. The minimum absolute atomic E-state index is 0.303. The van der Waals surface area contributed by atoms with Gasteiger partial charge in [-0.2, -0.15) is 0 Å². The molecule has 6 nitrogen and oxygen atoms in total. The van der Waals surface area contributed by atoms with E-state index in [1.165, 1.54) is 13.0 Å². The maximum absolute atomic E-state index is 13.4. The van der Waals surface area contributed by atoms with Crippen molar-refractivity contribution in [3.05, 3.63) is 69.3 Å². The molecule has 2 aromatic carbocycles. The van der Waals surface area contributed by atoms with E-state index in [9.17, 15) is 9.59 Å². The van der Waals surface area contributed by atoms with Gasteiger partial charge in [-0.1, -0.05) is 41.4 Å². The molecular weight excluding hydrogens is 461 g/mol. The summed E-state index contributed by atoms with van der Waals surface area (Å²) in [6.07, 6.45) is -0.277. The zero-order chi connectivity index (χ0) is 23.7. The molecule has 1 aliphatic rings. The quantitative estimate of drug-likeness (QED) is 0.483. The van der Waals surface area contributed by atoms with Crippen LogP contribution >= 0.6 is 23.2 Å². The van der Waals surface area contributed by atoms with Gasteiger partial charge in [-0.3, -0.25) is 14.7 Å². The summed E-state index contributed by atoms with van der Waals surface area (Å²) in [5.41, 5.74) is 3.39. The maximum atomic E-state index is 13.4. The number of aromatic nitrogens is 1. The van der Waals surface area contributed by atoms with Crippen LogP contribution in [0.15, 0.2) is 42.5 Å². The fourth-order valence-electron chi connectivity index (χ4n) is 3.98. The second kappa shape index (κ2) is 9.67. The Kier molecular flexibility index (Phi) is 6.88. The molecule has 3 aromatic rings. The highest BCUT2D eigenvalue weighted by Crippen LogP contribution is 2.30. The number of halogens is 2. The molecule has 0 radical (unpaired) electrons. The number of nitrogens with one attached hydrogen (secondary N) is 1. The van der Waals surface area contributed by atoms with Gasteiger partial charge in [0, 0.05) is 47.2 Å². The molecule has 0 spiro atoms. The van der Waals surface area contributed by atoms with Crippen molar-refractivity contribution >= 4 is 51.7 Å². The van der Waals surface area contributed by atoms with E-state index in [1.807, 2.05) is 24.3 Å². The van der Waals surface area contributed by atoms with Gasteiger partial charge in [-0.05, 0) is 45.0 Å². The predicted octanol–water partition coefficient (Wildman–Crippen LogP) is 5.49. The van der Waals surface area contributed by atoms with Crippen LogP contribution in [0.25, 0.3) is 10.9 Å². The number of para-hydroxylation sites is 1. The Morgan fingerprint density at radius 2 is 1.88 bits per heavy atom. The largest absolute Gasteiger partial charge is 0.449 e. The second-order valence-corrected chi connectivity index (χ2v) is 9.25. The number of carbonyl (C=O) groups is 2. The van der Waals surface area contributed by atoms with Gasteiger partial charge in [0.2, 0.25) is 0 Å². The fraction of sp³-hybridized carbons (Fsp3) is 0.320. The Morgan fingerprint density at radius 3 is 2.61 bits per heavy atom. The van der Waals surface area contributed by atoms with Gasteiger partial charge in [-0.25, -0.2) is 4.79 Å². The molecule has 172 valence electrons. The first-order chi connectivity index (χ1) is 15.7. The third-order valence-electron chi connectivity index (χ3n) is 5.85. The smallest absolute Gasteiger partial charge is 0.339 e. The highest BCUT2D eigenvalue weighted by Gasteiger charge is 2.29. The molecule has 0 saturated carbocycles. The Balaban J connectivity index is 1.62. The van der Waals surface area contributed by atoms with Gasteiger partial charge in [0.25, 0.3) is 5.91 Å². The van der Waals surface area contributed by atoms with Crippen LogP contribution in [0, 0.1) is 0 Å². The molecule has 1 aliphatic heterocycles. The minimum atomic E-state index is -1.03. The molecular formula is C25H25Cl2N3O3. The second-order valence-electron chi connectivity index (χ2n) is 8.40. The lowest BCUT2D eigenvalue weighted by molar-refractivity contribution is -0.123. The number of hydrogen-bond donors (Lipinski definition) is 1. The van der Waals surface area contributed by atoms with Gasteiger partial charge in [-0.15, -0.1) is 0 Å². The van der Waals surface area contributed by atoms with E-state index in [1.54, 1.807) is 12.1 Å². The average Bonchev–Trinajstić information content (AvgIpc) is 2.78. The molecule has 33 heavy (non-hydrogen) atoms. The monoisotopic (exact) mass is 485 g/mol. The van der Waals surface area contributed by atoms with Gasteiger partial charge in [0.05, 0.1) is 21.8 Å². The lowest BCUT2D eigenvalue weighted by Crippen LogP contribution is -2.37. The van der Waals surface area contributed by atoms with E-state index in [4.69, 9.17) is 32.9 Å². The molecule has 1 atom stereocenters. The molecule has 0 saturated heterocycles. The predicted molar refractivity (Wildman–Crippen MR) is 131 cm³/mol.